The number of aliphatic hydroxyl groups is 4. The summed E-state index contributed by atoms with van der Waals surface area (Å²) >= 11 is 0. The number of likely N-dealkylation sites (N-methyl/N-ethyl adjacent to an activating group) is 1. The van der Waals surface area contributed by atoms with Crippen LogP contribution >= 0.6 is 0 Å². The number of benzene rings is 1. The number of rotatable bonds is 5. The fourth-order valence-electron chi connectivity index (χ4n) is 6.08. The number of fused-ring (bicyclic) bond motifs is 3. The van der Waals surface area contributed by atoms with Crippen LogP contribution in [0.5, 0.6) is 5.75 Å². The van der Waals surface area contributed by atoms with E-state index in [0.717, 1.165) is 6.92 Å². The summed E-state index contributed by atoms with van der Waals surface area (Å²) in [6.45, 7) is 2.87. The van der Waals surface area contributed by atoms with E-state index in [1.54, 1.807) is 25.1 Å². The summed E-state index contributed by atoms with van der Waals surface area (Å²) in [5, 5.41) is 45.8. The molecule has 0 bridgehead atoms. The second-order valence-corrected chi connectivity index (χ2v) is 9.91. The van der Waals surface area contributed by atoms with E-state index in [1.165, 1.54) is 26.1 Å². The van der Waals surface area contributed by atoms with Crippen molar-refractivity contribution in [1.29, 1.82) is 0 Å². The van der Waals surface area contributed by atoms with Gasteiger partial charge in [-0.15, -0.1) is 0 Å². The second-order valence-electron chi connectivity index (χ2n) is 9.91. The van der Waals surface area contributed by atoms with Gasteiger partial charge in [-0.2, -0.15) is 0 Å². The monoisotopic (exact) mass is 499 g/mol. The first-order chi connectivity index (χ1) is 16.8. The van der Waals surface area contributed by atoms with Crippen molar-refractivity contribution in [3.05, 3.63) is 46.2 Å². The lowest BCUT2D eigenvalue weighted by molar-refractivity contribution is -0.169. The fourth-order valence-corrected chi connectivity index (χ4v) is 6.08. The molecule has 3 aliphatic rings. The second kappa shape index (κ2) is 8.65. The summed E-state index contributed by atoms with van der Waals surface area (Å²) in [5.41, 5.74) is -3.28. The number of carbonyl (C=O) groups excluding carboxylic acids is 4. The van der Waals surface area contributed by atoms with Gasteiger partial charge in [0.2, 0.25) is 5.78 Å². The zero-order chi connectivity index (χ0) is 26.9. The highest BCUT2D eigenvalue weighted by Crippen LogP contribution is 2.56. The molecule has 0 saturated heterocycles. The molecule has 0 radical (unpaired) electrons. The molecule has 0 spiro atoms. The van der Waals surface area contributed by atoms with Gasteiger partial charge >= 0.3 is 0 Å². The van der Waals surface area contributed by atoms with Crippen LogP contribution in [0, 0.1) is 11.8 Å². The van der Waals surface area contributed by atoms with Crippen molar-refractivity contribution in [1.82, 2.24) is 4.90 Å². The van der Waals surface area contributed by atoms with Crippen molar-refractivity contribution in [2.75, 3.05) is 21.2 Å². The smallest absolute Gasteiger partial charge is 0.202 e. The number of aliphatic hydroxyl groups excluding tert-OH is 3. The lowest BCUT2D eigenvalue weighted by Crippen LogP contribution is -2.70. The van der Waals surface area contributed by atoms with Crippen LogP contribution in [0.2, 0.25) is 0 Å². The Kier molecular flexibility index (Phi) is 6.19. The van der Waals surface area contributed by atoms with E-state index in [0.29, 0.717) is 5.56 Å². The van der Waals surface area contributed by atoms with Crippen LogP contribution in [0.3, 0.4) is 0 Å². The maximum Gasteiger partial charge on any atom is 0.202 e. The summed E-state index contributed by atoms with van der Waals surface area (Å²) in [5.74, 6) is -8.28. The van der Waals surface area contributed by atoms with Crippen LogP contribution in [0.25, 0.3) is 5.76 Å². The van der Waals surface area contributed by atoms with E-state index < -0.39 is 82.1 Å². The molecule has 1 aromatic carbocycles. The first-order valence-corrected chi connectivity index (χ1v) is 11.5. The minimum atomic E-state index is -2.90. The van der Waals surface area contributed by atoms with Crippen molar-refractivity contribution >= 4 is 28.9 Å². The van der Waals surface area contributed by atoms with Crippen LogP contribution < -0.4 is 4.74 Å². The molecule has 0 amide bonds. The van der Waals surface area contributed by atoms with Gasteiger partial charge < -0.3 is 25.2 Å². The summed E-state index contributed by atoms with van der Waals surface area (Å²) in [7, 11) is 4.34. The molecule has 1 saturated carbocycles. The molecule has 0 aromatic heterocycles. The van der Waals surface area contributed by atoms with Crippen molar-refractivity contribution in [2.45, 2.75) is 43.9 Å². The average Bonchev–Trinajstić information content (AvgIpc) is 2.80. The Morgan fingerprint density at radius 3 is 2.36 bits per heavy atom. The number of Topliss-reactive ketones (excluding diaryl/α,β-unsaturated/α-hetero) is 4. The van der Waals surface area contributed by atoms with Gasteiger partial charge in [-0.3, -0.25) is 24.1 Å². The average molecular weight is 500 g/mol. The van der Waals surface area contributed by atoms with Crippen molar-refractivity contribution in [3.63, 3.8) is 0 Å². The number of ether oxygens (including phenoxy) is 1. The van der Waals surface area contributed by atoms with Gasteiger partial charge in [-0.1, -0.05) is 19.1 Å². The van der Waals surface area contributed by atoms with E-state index >= 15 is 0 Å². The highest BCUT2D eigenvalue weighted by atomic mass is 16.5. The lowest BCUT2D eigenvalue weighted by atomic mass is 9.54. The minimum absolute atomic E-state index is 0.216. The fraction of sp³-hybridized carbons (Fsp3) is 0.462. The molecule has 10 heteroatoms. The van der Waals surface area contributed by atoms with Gasteiger partial charge in [-0.05, 0) is 38.6 Å². The third-order valence-electron chi connectivity index (χ3n) is 7.64. The Bertz CT molecular complexity index is 1260. The summed E-state index contributed by atoms with van der Waals surface area (Å²) in [6.07, 6.45) is -2.30. The third-order valence-corrected chi connectivity index (χ3v) is 7.64. The molecule has 1 fully saturated rings. The predicted octanol–water partition coefficient (Wildman–Crippen LogP) is 0.862. The van der Waals surface area contributed by atoms with Gasteiger partial charge in [0.15, 0.2) is 17.2 Å². The number of nitrogens with zero attached hydrogens (tertiary/aromatic N) is 1. The summed E-state index contributed by atoms with van der Waals surface area (Å²) in [4.78, 5) is 53.2. The van der Waals surface area contributed by atoms with Crippen molar-refractivity contribution < 1.29 is 44.3 Å². The van der Waals surface area contributed by atoms with Crippen LogP contribution in [0.4, 0.5) is 0 Å². The molecule has 4 rings (SSSR count). The summed E-state index contributed by atoms with van der Waals surface area (Å²) in [6, 6.07) is 3.63. The SMILES string of the molecule is COc1cccc2c1C(O)=C1C(=O)[C@]3(O)C(O)=C(C(=O)CC(C)=O)C(=O)[C@@H](N(C)C)[C@@H]3[C@@H](O)[C@@H]1[C@H]2C. The van der Waals surface area contributed by atoms with Crippen LogP contribution in [0.15, 0.2) is 35.1 Å². The molecule has 4 N–H and O–H groups in total. The quantitative estimate of drug-likeness (QED) is 0.338. The van der Waals surface area contributed by atoms with Gasteiger partial charge in [-0.25, -0.2) is 0 Å². The molecule has 0 unspecified atom stereocenters. The maximum absolute atomic E-state index is 14.0. The zero-order valence-corrected chi connectivity index (χ0v) is 20.6. The predicted molar refractivity (Wildman–Crippen MR) is 126 cm³/mol. The Balaban J connectivity index is 2.03. The van der Waals surface area contributed by atoms with Crippen LogP contribution in [-0.2, 0) is 19.2 Å². The molecule has 3 aliphatic carbocycles. The third kappa shape index (κ3) is 3.28. The Morgan fingerprint density at radius 2 is 1.81 bits per heavy atom. The molecule has 192 valence electrons. The van der Waals surface area contributed by atoms with Crippen molar-refractivity contribution in [2.24, 2.45) is 11.8 Å². The normalized spacial score (nSPS) is 31.7. The van der Waals surface area contributed by atoms with Crippen LogP contribution in [-0.4, -0.2) is 87.4 Å². The van der Waals surface area contributed by atoms with Gasteiger partial charge in [0.1, 0.15) is 28.6 Å². The van der Waals surface area contributed by atoms with E-state index in [2.05, 4.69) is 0 Å². The molecule has 36 heavy (non-hydrogen) atoms. The van der Waals surface area contributed by atoms with E-state index in [4.69, 9.17) is 4.74 Å². The number of hydrogen-bond donors (Lipinski definition) is 4. The van der Waals surface area contributed by atoms with Gasteiger partial charge in [0, 0.05) is 11.5 Å². The molecular weight excluding hydrogens is 470 g/mol. The highest BCUT2D eigenvalue weighted by Gasteiger charge is 2.68. The van der Waals surface area contributed by atoms with Gasteiger partial charge in [0.25, 0.3) is 0 Å². The Morgan fingerprint density at radius 1 is 1.17 bits per heavy atom. The molecule has 0 aliphatic heterocycles. The topological polar surface area (TPSA) is 162 Å². The van der Waals surface area contributed by atoms with Gasteiger partial charge in [0.05, 0.1) is 37.2 Å². The Labute approximate surface area is 207 Å². The first kappa shape index (κ1) is 25.7. The largest absolute Gasteiger partial charge is 0.508 e. The molecular formula is C26H29NO9. The molecule has 0 heterocycles. The lowest BCUT2D eigenvalue weighted by Gasteiger charge is -2.53. The van der Waals surface area contributed by atoms with E-state index in [-0.39, 0.29) is 16.9 Å². The number of ketones is 4. The standard InChI is InChI=1S/C26H29NO9/c1-10(28)9-13(29)17-23(32)20(27(3)4)19-22(31)15-11(2)12-7-6-8-14(36-5)16(12)21(30)18(15)25(34)26(19,35)24(17)33/h6-8,11,15,19-20,22,30-31,33,35H,9H2,1-5H3/t11-,15+,19+,20-,22-,26+/m0/s1. The zero-order valence-electron chi connectivity index (χ0n) is 20.6. The number of methoxy groups -OCH3 is 1. The van der Waals surface area contributed by atoms with Crippen LogP contribution in [0.1, 0.15) is 37.3 Å². The minimum Gasteiger partial charge on any atom is -0.508 e. The summed E-state index contributed by atoms with van der Waals surface area (Å²) < 4.78 is 5.36. The maximum atomic E-state index is 14.0. The highest BCUT2D eigenvalue weighted by molar-refractivity contribution is 6.28. The molecule has 1 aromatic rings. The molecule has 6 atom stereocenters. The van der Waals surface area contributed by atoms with Crippen molar-refractivity contribution in [3.8, 4) is 5.75 Å². The first-order valence-electron chi connectivity index (χ1n) is 11.5. The van der Waals surface area contributed by atoms with E-state index in [1.807, 2.05) is 0 Å². The number of carbonyl (C=O) groups is 4. The molecule has 10 nitrogen and oxygen atoms in total. The number of hydrogen-bond acceptors (Lipinski definition) is 10. The van der Waals surface area contributed by atoms with E-state index in [9.17, 15) is 39.6 Å². The Hall–Kier alpha value is -3.34.